The van der Waals surface area contributed by atoms with Gasteiger partial charge in [0, 0.05) is 24.6 Å². The maximum Gasteiger partial charge on any atom is 0.329 e. The Morgan fingerprint density at radius 1 is 0.842 bits per heavy atom. The van der Waals surface area contributed by atoms with Crippen LogP contribution in [0.5, 0.6) is 0 Å². The summed E-state index contributed by atoms with van der Waals surface area (Å²) in [5, 5.41) is 0. The van der Waals surface area contributed by atoms with E-state index in [-0.39, 0.29) is 28.6 Å². The molecule has 0 bridgehead atoms. The van der Waals surface area contributed by atoms with Crippen LogP contribution in [-0.4, -0.2) is 39.5 Å². The lowest BCUT2D eigenvalue weighted by Crippen LogP contribution is -2.39. The molecular weight excluding hydrogens is 477 g/mol. The Labute approximate surface area is 223 Å². The second-order valence-corrected chi connectivity index (χ2v) is 11.4. The maximum absolute atomic E-state index is 13.7. The quantitative estimate of drug-likeness (QED) is 0.290. The van der Waals surface area contributed by atoms with Crippen LogP contribution >= 0.6 is 0 Å². The highest BCUT2D eigenvalue weighted by Crippen LogP contribution is 2.27. The van der Waals surface area contributed by atoms with Crippen molar-refractivity contribution in [2.24, 2.45) is 5.92 Å². The Balaban J connectivity index is 1.30. The van der Waals surface area contributed by atoms with Gasteiger partial charge in [0.1, 0.15) is 5.82 Å². The molecule has 0 N–H and O–H groups in total. The molecule has 1 aliphatic heterocycles. The van der Waals surface area contributed by atoms with E-state index in [9.17, 15) is 14.0 Å². The summed E-state index contributed by atoms with van der Waals surface area (Å²) >= 11 is 0. The smallest absolute Gasteiger partial charge is 0.302 e. The van der Waals surface area contributed by atoms with Crippen molar-refractivity contribution in [2.45, 2.75) is 52.1 Å². The first-order valence-corrected chi connectivity index (χ1v) is 13.5. The molecule has 1 aromatic heterocycles. The molecule has 0 amide bonds. The Kier molecular flexibility index (Phi) is 7.35. The van der Waals surface area contributed by atoms with E-state index in [0.29, 0.717) is 18.7 Å². The number of carbonyl (C=O) groups is 1. The fourth-order valence-electron chi connectivity index (χ4n) is 5.71. The van der Waals surface area contributed by atoms with E-state index >= 15 is 0 Å². The van der Waals surface area contributed by atoms with Gasteiger partial charge in [-0.1, -0.05) is 57.2 Å². The third kappa shape index (κ3) is 5.37. The first-order valence-electron chi connectivity index (χ1n) is 13.5. The van der Waals surface area contributed by atoms with Gasteiger partial charge in [-0.2, -0.15) is 0 Å². The van der Waals surface area contributed by atoms with E-state index in [1.807, 2.05) is 39.5 Å². The Morgan fingerprint density at radius 3 is 2.11 bits per heavy atom. The van der Waals surface area contributed by atoms with Gasteiger partial charge in [0.2, 0.25) is 0 Å². The minimum atomic E-state index is -0.327. The Bertz CT molecular complexity index is 1490. The predicted octanol–water partition coefficient (Wildman–Crippen LogP) is 5.88. The van der Waals surface area contributed by atoms with Crippen molar-refractivity contribution >= 4 is 16.8 Å². The number of para-hydroxylation sites is 2. The SMILES string of the molecule is CC(C)(C)c1ccccc1Cn1c(=O)n(CCN2CCC(C(=O)c3ccc(F)cc3)CC2)c2ccccc21. The number of imidazole rings is 1. The second kappa shape index (κ2) is 10.7. The van der Waals surface area contributed by atoms with E-state index in [1.54, 1.807) is 12.1 Å². The number of benzene rings is 3. The van der Waals surface area contributed by atoms with Gasteiger partial charge < -0.3 is 4.90 Å². The molecule has 38 heavy (non-hydrogen) atoms. The summed E-state index contributed by atoms with van der Waals surface area (Å²) < 4.78 is 17.0. The van der Waals surface area contributed by atoms with Crippen LogP contribution in [0.3, 0.4) is 0 Å². The van der Waals surface area contributed by atoms with Crippen molar-refractivity contribution in [2.75, 3.05) is 19.6 Å². The first-order chi connectivity index (χ1) is 18.2. The average molecular weight is 514 g/mol. The standard InChI is InChI=1S/C32H36FN3O2/c1-32(2,3)27-9-5-4-8-25(27)22-36-29-11-7-6-10-28(29)35(31(36)38)21-20-34-18-16-24(17-19-34)30(37)23-12-14-26(33)15-13-23/h4-15,24H,16-22H2,1-3H3. The molecule has 0 spiro atoms. The molecule has 5 nitrogen and oxygen atoms in total. The summed E-state index contributed by atoms with van der Waals surface area (Å²) in [6, 6.07) is 22.2. The molecule has 198 valence electrons. The highest BCUT2D eigenvalue weighted by molar-refractivity contribution is 5.97. The molecule has 2 heterocycles. The van der Waals surface area contributed by atoms with Crippen LogP contribution in [0.15, 0.2) is 77.6 Å². The molecule has 0 atom stereocenters. The van der Waals surface area contributed by atoms with Crippen LogP contribution in [-0.2, 0) is 18.5 Å². The first kappa shape index (κ1) is 26.1. The normalized spacial score (nSPS) is 15.3. The molecule has 1 fully saturated rings. The van der Waals surface area contributed by atoms with Crippen molar-refractivity contribution in [3.63, 3.8) is 0 Å². The lowest BCUT2D eigenvalue weighted by Gasteiger charge is -2.31. The van der Waals surface area contributed by atoms with Gasteiger partial charge in [-0.15, -0.1) is 0 Å². The van der Waals surface area contributed by atoms with Gasteiger partial charge in [-0.3, -0.25) is 13.9 Å². The molecule has 0 radical (unpaired) electrons. The van der Waals surface area contributed by atoms with Gasteiger partial charge in [0.15, 0.2) is 5.78 Å². The number of fused-ring (bicyclic) bond motifs is 1. The van der Waals surface area contributed by atoms with E-state index in [1.165, 1.54) is 17.7 Å². The van der Waals surface area contributed by atoms with Gasteiger partial charge >= 0.3 is 5.69 Å². The topological polar surface area (TPSA) is 47.2 Å². The zero-order valence-corrected chi connectivity index (χ0v) is 22.5. The van der Waals surface area contributed by atoms with Crippen molar-refractivity contribution in [3.05, 3.63) is 106 Å². The number of carbonyl (C=O) groups excluding carboxylic acids is 1. The van der Waals surface area contributed by atoms with Gasteiger partial charge in [-0.05, 0) is 78.9 Å². The fraction of sp³-hybridized carbons (Fsp3) is 0.375. The molecule has 4 aromatic rings. The highest BCUT2D eigenvalue weighted by Gasteiger charge is 2.26. The van der Waals surface area contributed by atoms with E-state index in [4.69, 9.17) is 0 Å². The highest BCUT2D eigenvalue weighted by atomic mass is 19.1. The fourth-order valence-corrected chi connectivity index (χ4v) is 5.71. The molecule has 5 rings (SSSR count). The summed E-state index contributed by atoms with van der Waals surface area (Å²) in [6.07, 6.45) is 1.55. The van der Waals surface area contributed by atoms with E-state index in [0.717, 1.165) is 49.1 Å². The lowest BCUT2D eigenvalue weighted by atomic mass is 9.84. The summed E-state index contributed by atoms with van der Waals surface area (Å²) in [4.78, 5) is 28.9. The maximum atomic E-state index is 13.7. The molecule has 0 aliphatic carbocycles. The zero-order chi connectivity index (χ0) is 26.9. The van der Waals surface area contributed by atoms with Crippen molar-refractivity contribution in [1.29, 1.82) is 0 Å². The van der Waals surface area contributed by atoms with Crippen LogP contribution in [0.2, 0.25) is 0 Å². The van der Waals surface area contributed by atoms with Crippen LogP contribution in [0, 0.1) is 11.7 Å². The summed E-state index contributed by atoms with van der Waals surface area (Å²) in [5.74, 6) is -0.268. The van der Waals surface area contributed by atoms with E-state index < -0.39 is 0 Å². The number of aromatic nitrogens is 2. The Morgan fingerprint density at radius 2 is 1.45 bits per heavy atom. The molecule has 0 saturated carbocycles. The minimum absolute atomic E-state index is 0.0104. The molecule has 1 aliphatic rings. The van der Waals surface area contributed by atoms with Crippen molar-refractivity contribution in [3.8, 4) is 0 Å². The summed E-state index contributed by atoms with van der Waals surface area (Å²) in [7, 11) is 0. The van der Waals surface area contributed by atoms with Crippen LogP contribution < -0.4 is 5.69 Å². The summed E-state index contributed by atoms with van der Waals surface area (Å²) in [6.45, 7) is 10.1. The molecule has 1 saturated heterocycles. The number of nitrogens with zero attached hydrogens (tertiary/aromatic N) is 3. The molecule has 0 unspecified atom stereocenters. The lowest BCUT2D eigenvalue weighted by molar-refractivity contribution is 0.0837. The largest absolute Gasteiger partial charge is 0.329 e. The summed E-state index contributed by atoms with van der Waals surface area (Å²) in [5.41, 5.74) is 4.90. The number of rotatable bonds is 7. The average Bonchev–Trinajstić information content (AvgIpc) is 3.18. The number of hydrogen-bond donors (Lipinski definition) is 0. The van der Waals surface area contributed by atoms with Crippen LogP contribution in [0.1, 0.15) is 55.1 Å². The number of halogens is 1. The van der Waals surface area contributed by atoms with Gasteiger partial charge in [0.05, 0.1) is 17.6 Å². The predicted molar refractivity (Wildman–Crippen MR) is 150 cm³/mol. The monoisotopic (exact) mass is 513 g/mol. The third-order valence-electron chi connectivity index (χ3n) is 7.81. The number of hydrogen-bond acceptors (Lipinski definition) is 3. The third-order valence-corrected chi connectivity index (χ3v) is 7.81. The Hall–Kier alpha value is -3.51. The van der Waals surface area contributed by atoms with Crippen LogP contribution in [0.4, 0.5) is 4.39 Å². The van der Waals surface area contributed by atoms with Gasteiger partial charge in [0.25, 0.3) is 0 Å². The molecule has 6 heteroatoms. The van der Waals surface area contributed by atoms with Crippen LogP contribution in [0.25, 0.3) is 11.0 Å². The van der Waals surface area contributed by atoms with Crippen molar-refractivity contribution in [1.82, 2.24) is 14.0 Å². The molecule has 3 aromatic carbocycles. The number of piperidine rings is 1. The van der Waals surface area contributed by atoms with E-state index in [2.05, 4.69) is 43.9 Å². The van der Waals surface area contributed by atoms with Crippen molar-refractivity contribution < 1.29 is 9.18 Å². The number of Topliss-reactive ketones (excluding diaryl/α,β-unsaturated/α-hetero) is 1. The second-order valence-electron chi connectivity index (χ2n) is 11.4. The number of ketones is 1. The number of likely N-dealkylation sites (tertiary alicyclic amines) is 1. The minimum Gasteiger partial charge on any atom is -0.302 e. The zero-order valence-electron chi connectivity index (χ0n) is 22.5. The van der Waals surface area contributed by atoms with Gasteiger partial charge in [-0.25, -0.2) is 9.18 Å². The molecular formula is C32H36FN3O2.